The Bertz CT molecular complexity index is 1190. The molecule has 8 heteroatoms. The van der Waals surface area contributed by atoms with Gasteiger partial charge in [0.1, 0.15) is 11.9 Å². The molecule has 7 nitrogen and oxygen atoms in total. The van der Waals surface area contributed by atoms with Crippen molar-refractivity contribution in [2.75, 3.05) is 11.9 Å². The summed E-state index contributed by atoms with van der Waals surface area (Å²) in [6, 6.07) is 9.47. The fourth-order valence-electron chi connectivity index (χ4n) is 4.07. The van der Waals surface area contributed by atoms with E-state index in [1.807, 2.05) is 31.2 Å². The van der Waals surface area contributed by atoms with E-state index >= 15 is 0 Å². The number of carbonyl (C=O) groups is 2. The van der Waals surface area contributed by atoms with E-state index in [1.54, 1.807) is 11.6 Å². The Hall–Kier alpha value is -2.97. The minimum Gasteiger partial charge on any atom is -0.489 e. The first-order valence-corrected chi connectivity index (χ1v) is 10.7. The third-order valence-electron chi connectivity index (χ3n) is 5.95. The van der Waals surface area contributed by atoms with Gasteiger partial charge in [-0.25, -0.2) is 4.98 Å². The van der Waals surface area contributed by atoms with Crippen molar-refractivity contribution >= 4 is 39.1 Å². The molecule has 0 bridgehead atoms. The van der Waals surface area contributed by atoms with Crippen molar-refractivity contribution in [1.29, 1.82) is 0 Å². The predicted molar refractivity (Wildman–Crippen MR) is 114 cm³/mol. The lowest BCUT2D eigenvalue weighted by Crippen LogP contribution is -2.30. The lowest BCUT2D eigenvalue weighted by atomic mass is 9.95. The molecule has 1 unspecified atom stereocenters. The smallest absolute Gasteiger partial charge is 0.260 e. The third-order valence-corrected chi connectivity index (χ3v) is 6.81. The molecule has 0 spiro atoms. The number of nitrogens with zero attached hydrogens (tertiary/aromatic N) is 1. The predicted octanol–water partition coefficient (Wildman–Crippen LogP) is 3.03. The Morgan fingerprint density at radius 3 is 2.87 bits per heavy atom. The van der Waals surface area contributed by atoms with E-state index in [-0.39, 0.29) is 17.9 Å². The van der Waals surface area contributed by atoms with Crippen molar-refractivity contribution in [3.8, 4) is 16.9 Å². The average molecular weight is 423 g/mol. The van der Waals surface area contributed by atoms with Crippen molar-refractivity contribution in [2.24, 2.45) is 5.92 Å². The van der Waals surface area contributed by atoms with Crippen LogP contribution in [0, 0.1) is 5.92 Å². The molecule has 0 radical (unpaired) electrons. The second kappa shape index (κ2) is 6.78. The molecule has 0 saturated carbocycles. The van der Waals surface area contributed by atoms with Crippen molar-refractivity contribution in [3.05, 3.63) is 41.4 Å². The van der Waals surface area contributed by atoms with Gasteiger partial charge in [0.25, 0.3) is 5.91 Å². The van der Waals surface area contributed by atoms with Crippen molar-refractivity contribution in [1.82, 2.24) is 10.3 Å². The van der Waals surface area contributed by atoms with E-state index in [9.17, 15) is 14.7 Å². The lowest BCUT2D eigenvalue weighted by Gasteiger charge is -2.20. The van der Waals surface area contributed by atoms with Gasteiger partial charge in [0, 0.05) is 30.1 Å². The maximum atomic E-state index is 12.0. The summed E-state index contributed by atoms with van der Waals surface area (Å²) in [5.74, 6) is 0.486. The molecule has 154 valence electrons. The summed E-state index contributed by atoms with van der Waals surface area (Å²) < 4.78 is 7.25. The van der Waals surface area contributed by atoms with Gasteiger partial charge in [-0.1, -0.05) is 12.1 Å². The summed E-state index contributed by atoms with van der Waals surface area (Å²) >= 11 is 1.51. The molecule has 3 heterocycles. The summed E-state index contributed by atoms with van der Waals surface area (Å²) in [5.41, 5.74) is 4.05. The number of ether oxygens (including phenoxy) is 1. The fraction of sp³-hybridized carbons (Fsp3) is 0.318. The molecule has 3 aromatic rings. The topological polar surface area (TPSA) is 101 Å². The van der Waals surface area contributed by atoms with Crippen LogP contribution >= 0.6 is 11.3 Å². The normalized spacial score (nSPS) is 23.9. The first-order valence-electron chi connectivity index (χ1n) is 9.82. The van der Waals surface area contributed by atoms with Crippen LogP contribution in [0.3, 0.4) is 0 Å². The number of aliphatic hydroxyl groups is 1. The van der Waals surface area contributed by atoms with Crippen LogP contribution in [0.1, 0.15) is 25.8 Å². The molecule has 2 aliphatic rings. The van der Waals surface area contributed by atoms with Gasteiger partial charge >= 0.3 is 0 Å². The first kappa shape index (κ1) is 19.0. The van der Waals surface area contributed by atoms with E-state index < -0.39 is 11.5 Å². The third kappa shape index (κ3) is 3.03. The van der Waals surface area contributed by atoms with Gasteiger partial charge < -0.3 is 20.5 Å². The summed E-state index contributed by atoms with van der Waals surface area (Å²) in [6.45, 7) is 4.10. The van der Waals surface area contributed by atoms with E-state index in [4.69, 9.17) is 4.74 Å². The number of aromatic nitrogens is 1. The van der Waals surface area contributed by atoms with Gasteiger partial charge in [-0.15, -0.1) is 11.3 Å². The SMILES string of the molecule is C[C@@H](Oc1cc(-c2ccc3c(c2)NC(=O)C3(C)O)cc2ncsc12)[C@H]1CNC(=O)C1. The van der Waals surface area contributed by atoms with Crippen LogP contribution in [-0.4, -0.2) is 34.6 Å². The number of carbonyl (C=O) groups excluding carboxylic acids is 2. The highest BCUT2D eigenvalue weighted by Crippen LogP contribution is 2.40. The lowest BCUT2D eigenvalue weighted by molar-refractivity contribution is -0.131. The molecule has 2 aliphatic heterocycles. The molecule has 1 aromatic heterocycles. The molecule has 2 amide bonds. The molecule has 0 aliphatic carbocycles. The quantitative estimate of drug-likeness (QED) is 0.599. The molecule has 2 aromatic carbocycles. The van der Waals surface area contributed by atoms with Crippen LogP contribution < -0.4 is 15.4 Å². The van der Waals surface area contributed by atoms with Gasteiger partial charge in [-0.2, -0.15) is 0 Å². The highest BCUT2D eigenvalue weighted by molar-refractivity contribution is 7.17. The number of thiazole rings is 1. The zero-order chi connectivity index (χ0) is 21.0. The minimum atomic E-state index is -1.52. The Morgan fingerprint density at radius 1 is 1.27 bits per heavy atom. The number of amides is 2. The standard InChI is InChI=1S/C22H21N3O4S/c1-11(14-8-19(26)23-9-14)29-18-7-13(6-17-20(18)30-10-24-17)12-3-4-15-16(5-12)25-21(27)22(15,2)28/h3-7,10-11,14,28H,8-9H2,1-2H3,(H,23,26)(H,25,27)/t11-,14-,22?/m1/s1. The van der Waals surface area contributed by atoms with Crippen molar-refractivity contribution < 1.29 is 19.4 Å². The van der Waals surface area contributed by atoms with E-state index in [1.165, 1.54) is 18.3 Å². The van der Waals surface area contributed by atoms with Gasteiger partial charge in [0.05, 0.1) is 15.7 Å². The Labute approximate surface area is 177 Å². The fourth-order valence-corrected chi connectivity index (χ4v) is 4.79. The maximum absolute atomic E-state index is 12.0. The van der Waals surface area contributed by atoms with Crippen LogP contribution in [0.2, 0.25) is 0 Å². The molecule has 30 heavy (non-hydrogen) atoms. The number of benzene rings is 2. The van der Waals surface area contributed by atoms with Crippen molar-refractivity contribution in [3.63, 3.8) is 0 Å². The summed E-state index contributed by atoms with van der Waals surface area (Å²) in [6.07, 6.45) is 0.343. The number of anilines is 1. The van der Waals surface area contributed by atoms with E-state index in [0.29, 0.717) is 24.2 Å². The number of rotatable bonds is 4. The Kier molecular flexibility index (Phi) is 4.30. The second-order valence-electron chi connectivity index (χ2n) is 8.05. The molecule has 3 N–H and O–H groups in total. The molecular formula is C22H21N3O4S. The second-order valence-corrected chi connectivity index (χ2v) is 8.91. The van der Waals surface area contributed by atoms with Gasteiger partial charge in [0.2, 0.25) is 5.91 Å². The maximum Gasteiger partial charge on any atom is 0.260 e. The monoisotopic (exact) mass is 423 g/mol. The number of fused-ring (bicyclic) bond motifs is 2. The van der Waals surface area contributed by atoms with Crippen LogP contribution in [0.15, 0.2) is 35.8 Å². The van der Waals surface area contributed by atoms with Gasteiger partial charge in [-0.05, 0) is 43.2 Å². The van der Waals surface area contributed by atoms with E-state index in [0.717, 1.165) is 27.1 Å². The summed E-state index contributed by atoms with van der Waals surface area (Å²) in [4.78, 5) is 28.1. The number of nitrogens with one attached hydrogen (secondary N) is 2. The first-order chi connectivity index (χ1) is 14.3. The molecule has 1 saturated heterocycles. The molecule has 1 fully saturated rings. The Balaban J connectivity index is 1.51. The van der Waals surface area contributed by atoms with Crippen LogP contribution in [-0.2, 0) is 15.2 Å². The minimum absolute atomic E-state index is 0.0585. The summed E-state index contributed by atoms with van der Waals surface area (Å²) in [5, 5.41) is 16.0. The highest BCUT2D eigenvalue weighted by atomic mass is 32.1. The van der Waals surface area contributed by atoms with Gasteiger partial charge in [-0.3, -0.25) is 9.59 Å². The zero-order valence-electron chi connectivity index (χ0n) is 16.6. The molecule has 3 atom stereocenters. The highest BCUT2D eigenvalue weighted by Gasteiger charge is 2.40. The summed E-state index contributed by atoms with van der Waals surface area (Å²) in [7, 11) is 0. The van der Waals surface area contributed by atoms with Crippen molar-refractivity contribution in [2.45, 2.75) is 32.0 Å². The molecule has 5 rings (SSSR count). The average Bonchev–Trinajstić information content (AvgIpc) is 3.40. The molecular weight excluding hydrogens is 402 g/mol. The van der Waals surface area contributed by atoms with Crippen LogP contribution in [0.4, 0.5) is 5.69 Å². The number of hydrogen-bond donors (Lipinski definition) is 3. The largest absolute Gasteiger partial charge is 0.489 e. The zero-order valence-corrected chi connectivity index (χ0v) is 17.4. The van der Waals surface area contributed by atoms with Gasteiger partial charge in [0.15, 0.2) is 5.60 Å². The van der Waals surface area contributed by atoms with Crippen LogP contribution in [0.5, 0.6) is 5.75 Å². The Morgan fingerprint density at radius 2 is 2.10 bits per heavy atom. The van der Waals surface area contributed by atoms with E-state index in [2.05, 4.69) is 15.6 Å². The number of hydrogen-bond acceptors (Lipinski definition) is 6. The van der Waals surface area contributed by atoms with Crippen LogP contribution in [0.25, 0.3) is 21.3 Å².